The van der Waals surface area contributed by atoms with Crippen LogP contribution in [0, 0.1) is 31.1 Å². The van der Waals surface area contributed by atoms with Crippen LogP contribution >= 0.6 is 12.6 Å². The number of benzene rings is 7. The van der Waals surface area contributed by atoms with Crippen molar-refractivity contribution in [3.8, 4) is 22.5 Å². The number of carbonyl (C=O) groups is 9. The summed E-state index contributed by atoms with van der Waals surface area (Å²) in [5, 5.41) is 29.5. The second-order valence-corrected chi connectivity index (χ2v) is 38.6. The molecule has 6 aromatic carbocycles. The molecule has 7 aliphatic rings. The number of ketones is 2. The fraction of sp³-hybridized carbons (Fsp3) is 0.455. The summed E-state index contributed by atoms with van der Waals surface area (Å²) in [4.78, 5) is 127. The van der Waals surface area contributed by atoms with Crippen molar-refractivity contribution in [2.24, 2.45) is 23.3 Å². The first-order valence-corrected chi connectivity index (χ1v) is 50.2. The van der Waals surface area contributed by atoms with Gasteiger partial charge in [0.05, 0.1) is 37.8 Å². The number of nitrogens with two attached hydrogens (primary N) is 2. The summed E-state index contributed by atoms with van der Waals surface area (Å²) in [6, 6.07) is 50.7. The van der Waals surface area contributed by atoms with Gasteiger partial charge in [-0.05, 0) is 189 Å². The Balaban J connectivity index is 0.536. The molecule has 12 N–H and O–H groups in total. The van der Waals surface area contributed by atoms with Crippen LogP contribution in [0.4, 0.5) is 28.4 Å². The zero-order valence-corrected chi connectivity index (χ0v) is 82.3. The summed E-state index contributed by atoms with van der Waals surface area (Å²) >= 11 is 4.04. The summed E-state index contributed by atoms with van der Waals surface area (Å²) in [7, 11) is 0. The number of carbonyl (C=O) groups excluding carboxylic acids is 9. The van der Waals surface area contributed by atoms with Crippen LogP contribution in [0.25, 0.3) is 33.4 Å². The predicted molar refractivity (Wildman–Crippen MR) is 549 cm³/mol. The van der Waals surface area contributed by atoms with Gasteiger partial charge in [-0.2, -0.15) is 21.8 Å². The Morgan fingerprint density at radius 2 is 1.32 bits per heavy atom. The lowest BCUT2D eigenvalue weighted by Crippen LogP contribution is -2.49. The maximum Gasteiger partial charge on any atom is 0.246 e. The number of guanidine groups is 1. The molecule has 27 nitrogen and oxygen atoms in total. The number of hydrogen-bond donors (Lipinski definition) is 11. The van der Waals surface area contributed by atoms with Crippen LogP contribution < -0.4 is 68.4 Å². The average Bonchev–Trinajstić information content (AvgIpc) is 0.810. The number of fused-ring (bicyclic) bond motifs is 6. The molecule has 3 atom stereocenters. The Kier molecular flexibility index (Phi) is 37.2. The van der Waals surface area contributed by atoms with Gasteiger partial charge in [-0.25, -0.2) is 0 Å². The molecule has 1 fully saturated rings. The number of piperidine rings is 1. The number of nitrogens with one attached hydrogen (secondary N) is 8. The van der Waals surface area contributed by atoms with Crippen molar-refractivity contribution in [1.82, 2.24) is 46.7 Å². The number of rotatable bonds is 51. The largest absolute Gasteiger partial charge is 0.456 e. The molecule has 6 aromatic rings. The molecule has 1 aliphatic carbocycles. The Hall–Kier alpha value is -12.4. The van der Waals surface area contributed by atoms with Crippen molar-refractivity contribution in [3.05, 3.63) is 226 Å². The molecule has 0 radical (unpaired) electrons. The Bertz CT molecular complexity index is 5880. The molecule has 0 spiro atoms. The van der Waals surface area contributed by atoms with E-state index in [1.54, 1.807) is 0 Å². The first-order valence-electron chi connectivity index (χ1n) is 49.6. The van der Waals surface area contributed by atoms with Gasteiger partial charge in [0.15, 0.2) is 24.0 Å². The van der Waals surface area contributed by atoms with Crippen LogP contribution in [0.15, 0.2) is 186 Å². The lowest BCUT2D eigenvalue weighted by molar-refractivity contribution is -0.433. The van der Waals surface area contributed by atoms with Gasteiger partial charge in [-0.15, -0.1) is 0 Å². The number of unbranched alkanes of at least 4 members (excludes halogenated alkanes) is 5. The SMILES string of the molecule is CC[N+]1=C(/C=C/C=C/C=C2/N(CCCCCC(=O)NCCCC[C@H](NC(=O)[C@H](CCCNC(=N)N)CC(=O)CNC(=O)CCC(=O)CCCCCNC(=O)C3CCN(Cc4ccccc4-c4c5ccc(=[N+]6CCc7ccccc76)cc-5oc5cc(N6CCc7ccccc76)ccc45)CC3)C(=O)NCCOCCOCC(=O)N[C@@H](CS)C(N)=O)c3ccc(C)cc3C2(C)C)C(C)(C)c2cc(C)ccc21. The Labute approximate surface area is 817 Å². The van der Waals surface area contributed by atoms with E-state index in [9.17, 15) is 43.2 Å². The van der Waals surface area contributed by atoms with E-state index >= 15 is 0 Å². The maximum atomic E-state index is 14.4. The number of primary amides is 1. The molecule has 0 aromatic heterocycles. The van der Waals surface area contributed by atoms with Crippen molar-refractivity contribution < 1.29 is 61.6 Å². The van der Waals surface area contributed by atoms with Crippen LogP contribution in [0.5, 0.6) is 0 Å². The van der Waals surface area contributed by atoms with Crippen molar-refractivity contribution in [3.63, 3.8) is 0 Å². The molecule has 0 unspecified atom stereocenters. The number of nitrogens with zero attached hydrogens (tertiary/aromatic N) is 5. The van der Waals surface area contributed by atoms with E-state index in [2.05, 4.69) is 298 Å². The van der Waals surface area contributed by atoms with Crippen molar-refractivity contribution in [2.75, 3.05) is 114 Å². The lowest BCUT2D eigenvalue weighted by Gasteiger charge is -2.32. The number of likely N-dealkylation sites (tertiary alicyclic amines) is 1. The summed E-state index contributed by atoms with van der Waals surface area (Å²) in [6.45, 7) is 21.8. The first-order chi connectivity index (χ1) is 66.7. The van der Waals surface area contributed by atoms with Crippen LogP contribution in [-0.2, 0) is 82.8 Å². The highest BCUT2D eigenvalue weighted by Crippen LogP contribution is 2.49. The highest BCUT2D eigenvalue weighted by atomic mass is 32.1. The lowest BCUT2D eigenvalue weighted by atomic mass is 9.81. The van der Waals surface area contributed by atoms with Crippen molar-refractivity contribution in [1.29, 1.82) is 5.41 Å². The summed E-state index contributed by atoms with van der Waals surface area (Å²) < 4.78 is 22.8. The van der Waals surface area contributed by atoms with E-state index < -0.39 is 59.9 Å². The number of hydrogen-bond acceptors (Lipinski definition) is 17. The minimum atomic E-state index is -1.07. The molecule has 6 heterocycles. The minimum absolute atomic E-state index is 0.0215. The van der Waals surface area contributed by atoms with E-state index in [0.29, 0.717) is 64.5 Å². The fourth-order valence-electron chi connectivity index (χ4n) is 19.9. The van der Waals surface area contributed by atoms with Gasteiger partial charge in [-0.1, -0.05) is 135 Å². The number of amides is 7. The number of anilines is 3. The quantitative estimate of drug-likeness (QED) is 0.00321. The second-order valence-electron chi connectivity index (χ2n) is 38.2. The molecule has 13 rings (SSSR count). The monoisotopic (exact) mass is 1900 g/mol. The van der Waals surface area contributed by atoms with Gasteiger partial charge in [-0.3, -0.25) is 53.5 Å². The van der Waals surface area contributed by atoms with Gasteiger partial charge < -0.3 is 72.4 Å². The smallest absolute Gasteiger partial charge is 0.246 e. The van der Waals surface area contributed by atoms with E-state index in [4.69, 9.17) is 30.8 Å². The molecular weight excluding hydrogens is 1760 g/mol. The van der Waals surface area contributed by atoms with Gasteiger partial charge >= 0.3 is 0 Å². The highest BCUT2D eigenvalue weighted by Gasteiger charge is 2.45. The molecule has 28 heteroatoms. The third-order valence-corrected chi connectivity index (χ3v) is 27.8. The maximum absolute atomic E-state index is 14.4. The third kappa shape index (κ3) is 27.2. The molecule has 0 saturated carbocycles. The Morgan fingerprint density at radius 1 is 0.594 bits per heavy atom. The van der Waals surface area contributed by atoms with Crippen molar-refractivity contribution in [2.45, 2.75) is 206 Å². The normalized spacial score (nSPS) is 16.2. The number of ether oxygens (including phenoxy) is 2. The number of para-hydroxylation sites is 2. The highest BCUT2D eigenvalue weighted by molar-refractivity contribution is 7.80. The molecule has 138 heavy (non-hydrogen) atoms. The zero-order valence-electron chi connectivity index (χ0n) is 81.5. The van der Waals surface area contributed by atoms with E-state index in [1.807, 2.05) is 0 Å². The third-order valence-electron chi connectivity index (χ3n) is 27.5. The topological polar surface area (TPSA) is 361 Å². The predicted octanol–water partition coefficient (Wildman–Crippen LogP) is 13.6. The minimum Gasteiger partial charge on any atom is -0.456 e. The van der Waals surface area contributed by atoms with Crippen LogP contribution in [0.1, 0.15) is 189 Å². The van der Waals surface area contributed by atoms with Gasteiger partial charge in [0.1, 0.15) is 42.4 Å². The molecule has 7 amide bonds. The first kappa shape index (κ1) is 103. The van der Waals surface area contributed by atoms with E-state index in [-0.39, 0.29) is 124 Å². The van der Waals surface area contributed by atoms with Crippen molar-refractivity contribution >= 4 is 117 Å². The van der Waals surface area contributed by atoms with Gasteiger partial charge in [0.2, 0.25) is 58.1 Å². The van der Waals surface area contributed by atoms with E-state index in [0.717, 1.165) is 129 Å². The number of Topliss-reactive ketones (excluding diaryl/α,β-unsaturated/α-hetero) is 2. The Morgan fingerprint density at radius 3 is 2.12 bits per heavy atom. The molecule has 1 saturated heterocycles. The second kappa shape index (κ2) is 49.8. The van der Waals surface area contributed by atoms with Crippen LogP contribution in [-0.4, -0.2) is 190 Å². The number of allylic oxidation sites excluding steroid dienone is 6. The summed E-state index contributed by atoms with van der Waals surface area (Å²) in [6.07, 6.45) is 20.5. The van der Waals surface area contributed by atoms with Crippen LogP contribution in [0.3, 0.4) is 0 Å². The zero-order chi connectivity index (χ0) is 97.8. The fourth-order valence-corrected chi connectivity index (χ4v) is 20.2. The average molecular weight is 1900 g/mol. The summed E-state index contributed by atoms with van der Waals surface area (Å²) in [5.41, 5.74) is 32.2. The number of aryl methyl sites for hydroxylation is 2. The van der Waals surface area contributed by atoms with Crippen LogP contribution in [0.2, 0.25) is 0 Å². The standard InChI is InChI=1S/C110H139N15O12S/c1-8-122-94-46-39-74(2)65-88(94)109(4,5)98(122)36-13-9-14-37-99-110(6,7)89-66-75(3)40-47-95(89)125(99)57-25-11-15-38-100(128)114-53-24-22-33-90(107(134)116-56-62-135-63-64-136-72-102(130)119-91(73-138)104(111)131)120-106(133)79(30-26-55-117-108(112)113)67-84(127)70-118-101(129)48-43-83(126)31-12-10-23-54-115-105(132)78-49-58-121(59-50-78)71-80-29-16-19-32-85(80)103-86-44-41-81(123-60-51-76-27-17-20-34-92(76)123)68-96(86)137-97-69-82(42-45-87(97)103)124-61-52-77-28-18-21-35-93(77)124/h9,13-14,16-21,27-29,32,34-37,39-42,44-47,65-66,68-69,78-79,90-91H,8,10-12,15,22-26,30-31,33,38,43,48-64,67,70-73H2,1-7H3,(H11-2,111,112,113,114,115,116,117,118,119,120,128,129,130,131,132,133,134,138)/p+2/t79-,90+,91+/m1/s1. The molecule has 0 bridgehead atoms. The molecule has 732 valence electrons. The molecular formula is C110H141N15O12S+2. The summed E-state index contributed by atoms with van der Waals surface area (Å²) in [5.74, 6) is -3.93. The number of thiol groups is 1. The van der Waals surface area contributed by atoms with Gasteiger partial charge in [0.25, 0.3) is 0 Å². The molecule has 6 aliphatic heterocycles. The van der Waals surface area contributed by atoms with E-state index in [1.165, 1.54) is 73.1 Å². The van der Waals surface area contributed by atoms with Gasteiger partial charge in [0, 0.05) is 188 Å².